The van der Waals surface area contributed by atoms with E-state index in [1.54, 1.807) is 13.2 Å². The molecule has 3 rings (SSSR count). The van der Waals surface area contributed by atoms with Gasteiger partial charge in [-0.25, -0.2) is 0 Å². The second kappa shape index (κ2) is 5.60. The van der Waals surface area contributed by atoms with Crippen molar-refractivity contribution in [3.05, 3.63) is 47.5 Å². The number of carbonyl (C=O) groups is 1. The average Bonchev–Trinajstić information content (AvgIpc) is 2.54. The van der Waals surface area contributed by atoms with Gasteiger partial charge in [-0.05, 0) is 17.7 Å². The third-order valence-electron chi connectivity index (χ3n) is 3.70. The van der Waals surface area contributed by atoms with E-state index >= 15 is 0 Å². The van der Waals surface area contributed by atoms with Crippen LogP contribution in [0.4, 0.5) is 0 Å². The van der Waals surface area contributed by atoms with Crippen LogP contribution >= 0.6 is 0 Å². The minimum atomic E-state index is -0.391. The van der Waals surface area contributed by atoms with Crippen LogP contribution in [-0.2, 0) is 0 Å². The van der Waals surface area contributed by atoms with Crippen LogP contribution in [0.3, 0.4) is 0 Å². The Labute approximate surface area is 128 Å². The number of hydrogen-bond donors (Lipinski definition) is 1. The Balaban J connectivity index is 1.95. The molecule has 0 spiro atoms. The molecule has 1 atom stereocenters. The van der Waals surface area contributed by atoms with Gasteiger partial charge in [0.1, 0.15) is 34.7 Å². The van der Waals surface area contributed by atoms with Gasteiger partial charge in [0.05, 0.1) is 20.6 Å². The maximum Gasteiger partial charge on any atom is 0.174 e. The molecular formula is C17H16O5. The summed E-state index contributed by atoms with van der Waals surface area (Å²) in [6.45, 7) is 0. The summed E-state index contributed by atoms with van der Waals surface area (Å²) in [5.74, 6) is 1.26. The maximum absolute atomic E-state index is 12.3. The summed E-state index contributed by atoms with van der Waals surface area (Å²) in [7, 11) is 3.09. The molecule has 0 saturated heterocycles. The molecule has 2 aromatic carbocycles. The van der Waals surface area contributed by atoms with E-state index in [9.17, 15) is 9.90 Å². The second-order valence-electron chi connectivity index (χ2n) is 5.03. The molecule has 0 saturated carbocycles. The summed E-state index contributed by atoms with van der Waals surface area (Å²) in [5.41, 5.74) is 1.09. The lowest BCUT2D eigenvalue weighted by atomic mass is 9.95. The molecule has 0 unspecified atom stereocenters. The average molecular weight is 300 g/mol. The SMILES string of the molecule is COc1ccc([C@H]2CC(=O)c3c(O)cc(OC)cc3O2)cc1. The number of methoxy groups -OCH3 is 2. The highest BCUT2D eigenvalue weighted by Gasteiger charge is 2.30. The van der Waals surface area contributed by atoms with Gasteiger partial charge in [0.25, 0.3) is 0 Å². The molecule has 0 amide bonds. The van der Waals surface area contributed by atoms with Crippen molar-refractivity contribution in [2.45, 2.75) is 12.5 Å². The maximum atomic E-state index is 12.3. The molecule has 1 aliphatic rings. The molecule has 0 radical (unpaired) electrons. The summed E-state index contributed by atoms with van der Waals surface area (Å²) in [6.07, 6.45) is -0.212. The molecule has 1 N–H and O–H groups in total. The highest BCUT2D eigenvalue weighted by molar-refractivity contribution is 6.02. The number of ketones is 1. The van der Waals surface area contributed by atoms with Crippen LogP contribution in [0, 0.1) is 0 Å². The van der Waals surface area contributed by atoms with Gasteiger partial charge in [-0.1, -0.05) is 12.1 Å². The van der Waals surface area contributed by atoms with Gasteiger partial charge in [0.15, 0.2) is 5.78 Å². The zero-order chi connectivity index (χ0) is 15.7. The monoisotopic (exact) mass is 300 g/mol. The summed E-state index contributed by atoms with van der Waals surface area (Å²) in [4.78, 5) is 12.3. The zero-order valence-corrected chi connectivity index (χ0v) is 12.3. The first-order valence-corrected chi connectivity index (χ1v) is 6.87. The molecule has 0 fully saturated rings. The minimum absolute atomic E-state index is 0.118. The lowest BCUT2D eigenvalue weighted by Gasteiger charge is -2.26. The topological polar surface area (TPSA) is 65.0 Å². The third-order valence-corrected chi connectivity index (χ3v) is 3.70. The van der Waals surface area contributed by atoms with E-state index in [1.807, 2.05) is 24.3 Å². The number of hydrogen-bond acceptors (Lipinski definition) is 5. The van der Waals surface area contributed by atoms with Crippen molar-refractivity contribution < 1.29 is 24.1 Å². The van der Waals surface area contributed by atoms with Gasteiger partial charge in [-0.15, -0.1) is 0 Å². The fraction of sp³-hybridized carbons (Fsp3) is 0.235. The van der Waals surface area contributed by atoms with Crippen molar-refractivity contribution in [1.29, 1.82) is 0 Å². The molecule has 0 aliphatic carbocycles. The van der Waals surface area contributed by atoms with Gasteiger partial charge >= 0.3 is 0 Å². The van der Waals surface area contributed by atoms with E-state index in [0.29, 0.717) is 11.5 Å². The lowest BCUT2D eigenvalue weighted by Crippen LogP contribution is -2.20. The van der Waals surface area contributed by atoms with E-state index in [-0.39, 0.29) is 23.5 Å². The van der Waals surface area contributed by atoms with E-state index in [0.717, 1.165) is 11.3 Å². The van der Waals surface area contributed by atoms with Crippen LogP contribution in [-0.4, -0.2) is 25.1 Å². The lowest BCUT2D eigenvalue weighted by molar-refractivity contribution is 0.0844. The van der Waals surface area contributed by atoms with E-state index in [4.69, 9.17) is 14.2 Å². The summed E-state index contributed by atoms with van der Waals surface area (Å²) in [5, 5.41) is 9.97. The number of rotatable bonds is 3. The highest BCUT2D eigenvalue weighted by Crippen LogP contribution is 2.41. The van der Waals surface area contributed by atoms with Crippen molar-refractivity contribution in [2.24, 2.45) is 0 Å². The fourth-order valence-corrected chi connectivity index (χ4v) is 2.54. The predicted molar refractivity (Wildman–Crippen MR) is 80.0 cm³/mol. The highest BCUT2D eigenvalue weighted by atomic mass is 16.5. The first kappa shape index (κ1) is 14.3. The van der Waals surface area contributed by atoms with Gasteiger partial charge in [-0.3, -0.25) is 4.79 Å². The number of Topliss-reactive ketones (excluding diaryl/α,β-unsaturated/α-hetero) is 1. The van der Waals surface area contributed by atoms with Gasteiger partial charge in [0.2, 0.25) is 0 Å². The molecule has 0 aromatic heterocycles. The number of carbonyl (C=O) groups excluding carboxylic acids is 1. The van der Waals surface area contributed by atoms with Crippen molar-refractivity contribution in [1.82, 2.24) is 0 Å². The smallest absolute Gasteiger partial charge is 0.174 e. The first-order valence-electron chi connectivity index (χ1n) is 6.87. The van der Waals surface area contributed by atoms with Gasteiger partial charge in [0, 0.05) is 12.1 Å². The Kier molecular flexibility index (Phi) is 3.63. The van der Waals surface area contributed by atoms with Gasteiger partial charge < -0.3 is 19.3 Å². The second-order valence-corrected chi connectivity index (χ2v) is 5.03. The molecule has 5 nitrogen and oxygen atoms in total. The Morgan fingerprint density at radius 2 is 1.77 bits per heavy atom. The molecule has 0 bridgehead atoms. The van der Waals surface area contributed by atoms with Crippen molar-refractivity contribution in [2.75, 3.05) is 14.2 Å². The third kappa shape index (κ3) is 2.45. The minimum Gasteiger partial charge on any atom is -0.507 e. The summed E-state index contributed by atoms with van der Waals surface area (Å²) >= 11 is 0. The Morgan fingerprint density at radius 1 is 1.09 bits per heavy atom. The van der Waals surface area contributed by atoms with E-state index < -0.39 is 6.10 Å². The Morgan fingerprint density at radius 3 is 2.41 bits per heavy atom. The molecular weight excluding hydrogens is 284 g/mol. The van der Waals surface area contributed by atoms with Crippen LogP contribution in [0.5, 0.6) is 23.0 Å². The number of phenols is 1. The first-order chi connectivity index (χ1) is 10.6. The van der Waals surface area contributed by atoms with E-state index in [2.05, 4.69) is 0 Å². The number of benzene rings is 2. The normalized spacial score (nSPS) is 16.6. The van der Waals surface area contributed by atoms with Crippen LogP contribution in [0.1, 0.15) is 28.4 Å². The quantitative estimate of drug-likeness (QED) is 0.943. The van der Waals surface area contributed by atoms with Crippen molar-refractivity contribution in [3.63, 3.8) is 0 Å². The fourth-order valence-electron chi connectivity index (χ4n) is 2.54. The molecule has 2 aromatic rings. The standard InChI is InChI=1S/C17H16O5/c1-20-11-5-3-10(4-6-11)15-9-14(19)17-13(18)7-12(21-2)8-16(17)22-15/h3-8,15,18H,9H2,1-2H3/t15-/m1/s1. The van der Waals surface area contributed by atoms with Crippen molar-refractivity contribution in [3.8, 4) is 23.0 Å². The van der Waals surface area contributed by atoms with Crippen LogP contribution < -0.4 is 14.2 Å². The molecule has 1 aliphatic heterocycles. The molecule has 22 heavy (non-hydrogen) atoms. The predicted octanol–water partition coefficient (Wildman–Crippen LogP) is 3.12. The number of aromatic hydroxyl groups is 1. The van der Waals surface area contributed by atoms with Crippen LogP contribution in [0.25, 0.3) is 0 Å². The Bertz CT molecular complexity index is 706. The Hall–Kier alpha value is -2.69. The molecule has 1 heterocycles. The number of fused-ring (bicyclic) bond motifs is 1. The van der Waals surface area contributed by atoms with E-state index in [1.165, 1.54) is 13.2 Å². The molecule has 114 valence electrons. The summed E-state index contributed by atoms with van der Waals surface area (Å²) in [6, 6.07) is 10.4. The zero-order valence-electron chi connectivity index (χ0n) is 12.3. The number of ether oxygens (including phenoxy) is 3. The summed E-state index contributed by atoms with van der Waals surface area (Å²) < 4.78 is 16.1. The van der Waals surface area contributed by atoms with Gasteiger partial charge in [-0.2, -0.15) is 0 Å². The van der Waals surface area contributed by atoms with Crippen molar-refractivity contribution >= 4 is 5.78 Å². The molecule has 5 heteroatoms. The van der Waals surface area contributed by atoms with Crippen LogP contribution in [0.2, 0.25) is 0 Å². The largest absolute Gasteiger partial charge is 0.507 e. The van der Waals surface area contributed by atoms with Crippen LogP contribution in [0.15, 0.2) is 36.4 Å². The number of phenolic OH excluding ortho intramolecular Hbond substituents is 1.